The fourth-order valence-corrected chi connectivity index (χ4v) is 3.98. The van der Waals surface area contributed by atoms with Crippen LogP contribution in [0, 0.1) is 24.5 Å². The predicted octanol–water partition coefficient (Wildman–Crippen LogP) is 4.89. The smallest absolute Gasteiger partial charge is 0.318 e. The molecule has 7 nitrogen and oxygen atoms in total. The topological polar surface area (TPSA) is 89.2 Å². The van der Waals surface area contributed by atoms with E-state index in [-0.39, 0.29) is 22.9 Å². The van der Waals surface area contributed by atoms with Gasteiger partial charge in [0.15, 0.2) is 5.82 Å². The van der Waals surface area contributed by atoms with E-state index in [2.05, 4.69) is 34.1 Å². The molecule has 3 rings (SSSR count). The molecule has 0 unspecified atom stereocenters. The van der Waals surface area contributed by atoms with Crippen molar-refractivity contribution in [3.05, 3.63) is 35.0 Å². The van der Waals surface area contributed by atoms with E-state index in [1.165, 1.54) is 13.2 Å². The summed E-state index contributed by atoms with van der Waals surface area (Å²) < 4.78 is 35.4. The first-order valence-corrected chi connectivity index (χ1v) is 12.1. The van der Waals surface area contributed by atoms with Gasteiger partial charge in [-0.3, -0.25) is 0 Å². The molecule has 0 aliphatic heterocycles. The zero-order valence-electron chi connectivity index (χ0n) is 21.5. The lowest BCUT2D eigenvalue weighted by Crippen LogP contribution is -2.31. The number of nitrogens with zero attached hydrogens (tertiary/aromatic N) is 4. The summed E-state index contributed by atoms with van der Waals surface area (Å²) in [4.78, 5) is 15.6. The highest BCUT2D eigenvalue weighted by Crippen LogP contribution is 2.35. The Balaban J connectivity index is 2.12. The van der Waals surface area contributed by atoms with Crippen LogP contribution in [-0.2, 0) is 6.42 Å². The van der Waals surface area contributed by atoms with Crippen LogP contribution in [0.2, 0.25) is 0 Å². The Labute approximate surface area is 206 Å². The third-order valence-electron chi connectivity index (χ3n) is 5.93. The highest BCUT2D eigenvalue weighted by molar-refractivity contribution is 5.94. The minimum Gasteiger partial charge on any atom is -0.467 e. The number of methoxy groups -OCH3 is 1. The van der Waals surface area contributed by atoms with Gasteiger partial charge in [-0.2, -0.15) is 9.97 Å². The van der Waals surface area contributed by atoms with E-state index >= 15 is 4.39 Å². The SMILES string of the molecule is CCCc1nc(-c2cc(C)c(F)c(N)c2)c(F)c2nc(OC)nc(N(C)CCNCCC(C)C)c12. The number of nitrogens with two attached hydrogens (primary N) is 1. The summed E-state index contributed by atoms with van der Waals surface area (Å²) in [6, 6.07) is 3.02. The summed E-state index contributed by atoms with van der Waals surface area (Å²) in [5.74, 6) is 0.0680. The Morgan fingerprint density at radius 1 is 1.11 bits per heavy atom. The van der Waals surface area contributed by atoms with E-state index in [9.17, 15) is 4.39 Å². The maximum Gasteiger partial charge on any atom is 0.318 e. The minimum absolute atomic E-state index is 0.0519. The first-order valence-electron chi connectivity index (χ1n) is 12.1. The fraction of sp³-hybridized carbons (Fsp3) is 0.500. The Kier molecular flexibility index (Phi) is 8.77. The molecule has 2 heterocycles. The van der Waals surface area contributed by atoms with Gasteiger partial charge < -0.3 is 20.7 Å². The standard InChI is InChI=1S/C26H36F2N6O/c1-7-8-19-20-24(22(28)23(31-19)17-13-16(4)21(27)18(29)14-17)32-26(35-6)33-25(20)34(5)12-11-30-10-9-15(2)3/h13-15,30H,7-12,29H2,1-6H3. The molecule has 0 aliphatic rings. The Hall–Kier alpha value is -3.07. The maximum atomic E-state index is 16.0. The van der Waals surface area contributed by atoms with E-state index in [1.807, 2.05) is 18.9 Å². The molecule has 0 radical (unpaired) electrons. The molecule has 3 aromatic rings. The van der Waals surface area contributed by atoms with Gasteiger partial charge in [-0.05, 0) is 49.9 Å². The summed E-state index contributed by atoms with van der Waals surface area (Å²) in [5, 5.41) is 4.00. The largest absolute Gasteiger partial charge is 0.467 e. The number of hydrogen-bond donors (Lipinski definition) is 2. The summed E-state index contributed by atoms with van der Waals surface area (Å²) in [6.45, 7) is 10.4. The van der Waals surface area contributed by atoms with Gasteiger partial charge in [-0.15, -0.1) is 0 Å². The van der Waals surface area contributed by atoms with Crippen molar-refractivity contribution in [3.8, 4) is 17.3 Å². The molecule has 0 bridgehead atoms. The van der Waals surface area contributed by atoms with Crippen LogP contribution in [0.1, 0.15) is 44.9 Å². The number of anilines is 2. The average Bonchev–Trinajstić information content (AvgIpc) is 2.82. The molecule has 1 aromatic carbocycles. The molecule has 0 fully saturated rings. The lowest BCUT2D eigenvalue weighted by molar-refractivity contribution is 0.381. The molecule has 35 heavy (non-hydrogen) atoms. The number of hydrogen-bond acceptors (Lipinski definition) is 7. The Bertz CT molecular complexity index is 1160. The van der Waals surface area contributed by atoms with E-state index in [0.717, 1.165) is 25.9 Å². The maximum absolute atomic E-state index is 16.0. The van der Waals surface area contributed by atoms with Crippen molar-refractivity contribution in [1.82, 2.24) is 20.3 Å². The van der Waals surface area contributed by atoms with Gasteiger partial charge in [0.2, 0.25) is 0 Å². The summed E-state index contributed by atoms with van der Waals surface area (Å²) >= 11 is 0. The van der Waals surface area contributed by atoms with Gasteiger partial charge in [-0.25, -0.2) is 13.8 Å². The molecule has 0 aliphatic carbocycles. The number of likely N-dealkylation sites (N-methyl/N-ethyl adjacent to an activating group) is 1. The third kappa shape index (κ3) is 5.96. The van der Waals surface area contributed by atoms with E-state index < -0.39 is 11.6 Å². The number of benzene rings is 1. The molecular weight excluding hydrogens is 450 g/mol. The molecule has 190 valence electrons. The number of aryl methyl sites for hydroxylation is 2. The Morgan fingerprint density at radius 2 is 1.86 bits per heavy atom. The molecule has 9 heteroatoms. The number of ether oxygens (including phenoxy) is 1. The van der Waals surface area contributed by atoms with Crippen molar-refractivity contribution in [2.75, 3.05) is 44.4 Å². The molecule has 0 saturated carbocycles. The molecular formula is C26H36F2N6O. The van der Waals surface area contributed by atoms with Gasteiger partial charge in [0.05, 0.1) is 23.9 Å². The van der Waals surface area contributed by atoms with Gasteiger partial charge in [0.1, 0.15) is 22.8 Å². The third-order valence-corrected chi connectivity index (χ3v) is 5.93. The lowest BCUT2D eigenvalue weighted by atomic mass is 10.0. The molecule has 0 atom stereocenters. The number of halogens is 2. The fourth-order valence-electron chi connectivity index (χ4n) is 3.98. The summed E-state index contributed by atoms with van der Waals surface area (Å²) in [6.07, 6.45) is 2.49. The second-order valence-electron chi connectivity index (χ2n) is 9.28. The molecule has 2 aromatic heterocycles. The first-order chi connectivity index (χ1) is 16.7. The van der Waals surface area contributed by atoms with Gasteiger partial charge in [0, 0.05) is 25.7 Å². The van der Waals surface area contributed by atoms with Crippen molar-refractivity contribution >= 4 is 22.4 Å². The number of nitrogen functional groups attached to an aromatic ring is 1. The van der Waals surface area contributed by atoms with Gasteiger partial charge in [-0.1, -0.05) is 27.2 Å². The van der Waals surface area contributed by atoms with Gasteiger partial charge in [0.25, 0.3) is 0 Å². The number of fused-ring (bicyclic) bond motifs is 1. The summed E-state index contributed by atoms with van der Waals surface area (Å²) in [5.41, 5.74) is 7.39. The average molecular weight is 487 g/mol. The van der Waals surface area contributed by atoms with Crippen molar-refractivity contribution < 1.29 is 13.5 Å². The van der Waals surface area contributed by atoms with Crippen LogP contribution in [-0.4, -0.2) is 48.7 Å². The van der Waals surface area contributed by atoms with Crippen molar-refractivity contribution in [2.24, 2.45) is 5.92 Å². The van der Waals surface area contributed by atoms with Crippen LogP contribution in [0.25, 0.3) is 22.2 Å². The van der Waals surface area contributed by atoms with E-state index in [4.69, 9.17) is 10.5 Å². The molecule has 0 amide bonds. The van der Waals surface area contributed by atoms with Crippen LogP contribution >= 0.6 is 0 Å². The number of rotatable bonds is 11. The minimum atomic E-state index is -0.615. The monoisotopic (exact) mass is 486 g/mol. The lowest BCUT2D eigenvalue weighted by Gasteiger charge is -2.22. The molecule has 0 spiro atoms. The predicted molar refractivity (Wildman–Crippen MR) is 138 cm³/mol. The highest BCUT2D eigenvalue weighted by Gasteiger charge is 2.24. The molecule has 3 N–H and O–H groups in total. The second kappa shape index (κ2) is 11.6. The van der Waals surface area contributed by atoms with Crippen molar-refractivity contribution in [1.29, 1.82) is 0 Å². The van der Waals surface area contributed by atoms with Crippen LogP contribution in [0.5, 0.6) is 6.01 Å². The zero-order valence-corrected chi connectivity index (χ0v) is 21.5. The van der Waals surface area contributed by atoms with E-state index in [0.29, 0.717) is 46.9 Å². The first kappa shape index (κ1) is 26.5. The molecule has 0 saturated heterocycles. The Morgan fingerprint density at radius 3 is 2.49 bits per heavy atom. The number of aromatic nitrogens is 3. The number of nitrogens with one attached hydrogen (secondary N) is 1. The zero-order chi connectivity index (χ0) is 25.7. The van der Waals surface area contributed by atoms with Crippen LogP contribution < -0.4 is 20.7 Å². The van der Waals surface area contributed by atoms with E-state index in [1.54, 1.807) is 13.0 Å². The van der Waals surface area contributed by atoms with Crippen LogP contribution in [0.15, 0.2) is 12.1 Å². The van der Waals surface area contributed by atoms with Crippen molar-refractivity contribution in [2.45, 2.75) is 47.0 Å². The second-order valence-corrected chi connectivity index (χ2v) is 9.28. The van der Waals surface area contributed by atoms with Gasteiger partial charge >= 0.3 is 6.01 Å². The quantitative estimate of drug-likeness (QED) is 0.295. The van der Waals surface area contributed by atoms with Crippen molar-refractivity contribution in [3.63, 3.8) is 0 Å². The number of pyridine rings is 1. The highest BCUT2D eigenvalue weighted by atomic mass is 19.1. The van der Waals surface area contributed by atoms with Crippen LogP contribution in [0.3, 0.4) is 0 Å². The van der Waals surface area contributed by atoms with Crippen LogP contribution in [0.4, 0.5) is 20.3 Å². The summed E-state index contributed by atoms with van der Waals surface area (Å²) in [7, 11) is 3.37. The normalized spacial score (nSPS) is 11.5.